The second-order valence-electron chi connectivity index (χ2n) is 9.08. The molecule has 0 saturated carbocycles. The summed E-state index contributed by atoms with van der Waals surface area (Å²) >= 11 is 0. The van der Waals surface area contributed by atoms with E-state index in [2.05, 4.69) is 5.32 Å². The van der Waals surface area contributed by atoms with Gasteiger partial charge in [0.05, 0.1) is 11.9 Å². The van der Waals surface area contributed by atoms with Crippen molar-refractivity contribution in [3.8, 4) is 0 Å². The summed E-state index contributed by atoms with van der Waals surface area (Å²) in [6.45, 7) is 8.01. The molecule has 0 aromatic heterocycles. The summed E-state index contributed by atoms with van der Waals surface area (Å²) in [5.41, 5.74) is 0.724. The smallest absolute Gasteiger partial charge is 0.244 e. The molecule has 0 saturated heterocycles. The van der Waals surface area contributed by atoms with E-state index >= 15 is 0 Å². The third-order valence-electron chi connectivity index (χ3n) is 5.03. The van der Waals surface area contributed by atoms with Gasteiger partial charge in [-0.3, -0.25) is 13.9 Å². The number of rotatable bonds is 8. The fraction of sp³-hybridized carbons (Fsp3) is 0.417. The van der Waals surface area contributed by atoms with Gasteiger partial charge in [-0.25, -0.2) is 12.8 Å². The van der Waals surface area contributed by atoms with Crippen molar-refractivity contribution in [2.45, 2.75) is 52.7 Å². The zero-order valence-electron chi connectivity index (χ0n) is 19.9. The molecule has 9 heteroatoms. The molecule has 0 spiro atoms. The Morgan fingerprint density at radius 1 is 1.06 bits per heavy atom. The lowest BCUT2D eigenvalue weighted by Gasteiger charge is -2.33. The Morgan fingerprint density at radius 3 is 2.18 bits per heavy atom. The number of hydrogen-bond donors (Lipinski definition) is 1. The highest BCUT2D eigenvalue weighted by Crippen LogP contribution is 2.23. The number of hydrogen-bond acceptors (Lipinski definition) is 4. The summed E-state index contributed by atoms with van der Waals surface area (Å²) in [7, 11) is -3.81. The van der Waals surface area contributed by atoms with Gasteiger partial charge in [-0.1, -0.05) is 36.4 Å². The Hall–Kier alpha value is -2.94. The molecule has 0 radical (unpaired) electrons. The first-order valence-electron chi connectivity index (χ1n) is 10.6. The topological polar surface area (TPSA) is 86.8 Å². The van der Waals surface area contributed by atoms with Crippen LogP contribution in [0, 0.1) is 12.7 Å². The molecule has 0 aliphatic carbocycles. The van der Waals surface area contributed by atoms with Gasteiger partial charge in [0, 0.05) is 17.6 Å². The largest absolute Gasteiger partial charge is 0.350 e. The van der Waals surface area contributed by atoms with Crippen molar-refractivity contribution in [3.05, 3.63) is 65.5 Å². The van der Waals surface area contributed by atoms with Gasteiger partial charge in [-0.15, -0.1) is 0 Å². The lowest BCUT2D eigenvalue weighted by atomic mass is 10.1. The lowest BCUT2D eigenvalue weighted by molar-refractivity contribution is -0.140. The predicted molar refractivity (Wildman–Crippen MR) is 128 cm³/mol. The van der Waals surface area contributed by atoms with Gasteiger partial charge in [0.2, 0.25) is 21.8 Å². The fourth-order valence-corrected chi connectivity index (χ4v) is 4.21. The van der Waals surface area contributed by atoms with Crippen LogP contribution in [0.3, 0.4) is 0 Å². The Morgan fingerprint density at radius 2 is 1.64 bits per heavy atom. The standard InChI is InChI=1S/C24H32FN3O4S/c1-17-11-7-10-14-21(17)28(33(6,31)32)16-22(29)27(15-19-12-8-9-13-20(19)25)18(2)23(30)26-24(3,4)5/h7-14,18H,15-16H2,1-6H3,(H,26,30). The van der Waals surface area contributed by atoms with Crippen molar-refractivity contribution >= 4 is 27.5 Å². The zero-order valence-corrected chi connectivity index (χ0v) is 20.7. The Kier molecular flexibility index (Phi) is 8.24. The molecule has 33 heavy (non-hydrogen) atoms. The first kappa shape index (κ1) is 26.3. The Bertz CT molecular complexity index is 1110. The molecule has 1 unspecified atom stereocenters. The highest BCUT2D eigenvalue weighted by molar-refractivity contribution is 7.92. The van der Waals surface area contributed by atoms with E-state index in [1.807, 2.05) is 20.8 Å². The number of nitrogens with one attached hydrogen (secondary N) is 1. The van der Waals surface area contributed by atoms with Crippen molar-refractivity contribution in [2.24, 2.45) is 0 Å². The van der Waals surface area contributed by atoms with E-state index in [0.717, 1.165) is 10.6 Å². The van der Waals surface area contributed by atoms with Crippen LogP contribution >= 0.6 is 0 Å². The molecule has 7 nitrogen and oxygen atoms in total. The van der Waals surface area contributed by atoms with Crippen molar-refractivity contribution in [1.82, 2.24) is 10.2 Å². The molecular formula is C24H32FN3O4S. The quantitative estimate of drug-likeness (QED) is 0.633. The Labute approximate surface area is 195 Å². The molecule has 0 bridgehead atoms. The molecule has 180 valence electrons. The number of sulfonamides is 1. The normalized spacial score (nSPS) is 12.7. The van der Waals surface area contributed by atoms with E-state index < -0.39 is 45.8 Å². The second-order valence-corrected chi connectivity index (χ2v) is 11.0. The van der Waals surface area contributed by atoms with E-state index in [1.54, 1.807) is 44.2 Å². The third-order valence-corrected chi connectivity index (χ3v) is 6.15. The van der Waals surface area contributed by atoms with Crippen LogP contribution in [0.15, 0.2) is 48.5 Å². The molecular weight excluding hydrogens is 445 g/mol. The van der Waals surface area contributed by atoms with Crippen LogP contribution in [0.2, 0.25) is 0 Å². The maximum atomic E-state index is 14.4. The van der Waals surface area contributed by atoms with E-state index in [4.69, 9.17) is 0 Å². The minimum atomic E-state index is -3.81. The number of amides is 2. The monoisotopic (exact) mass is 477 g/mol. The number of carbonyl (C=O) groups is 2. The number of nitrogens with zero attached hydrogens (tertiary/aromatic N) is 2. The number of para-hydroxylation sites is 1. The van der Waals surface area contributed by atoms with Gasteiger partial charge >= 0.3 is 0 Å². The molecule has 0 heterocycles. The summed E-state index contributed by atoms with van der Waals surface area (Å²) in [5.74, 6) is -1.56. The van der Waals surface area contributed by atoms with Gasteiger partial charge in [-0.05, 0) is 52.3 Å². The highest BCUT2D eigenvalue weighted by atomic mass is 32.2. The van der Waals surface area contributed by atoms with Crippen molar-refractivity contribution < 1.29 is 22.4 Å². The minimum Gasteiger partial charge on any atom is -0.350 e. The number of aryl methyl sites for hydroxylation is 1. The molecule has 1 N–H and O–H groups in total. The SMILES string of the molecule is Cc1ccccc1N(CC(=O)N(Cc1ccccc1F)C(C)C(=O)NC(C)(C)C)S(C)(=O)=O. The predicted octanol–water partition coefficient (Wildman–Crippen LogP) is 3.23. The summed E-state index contributed by atoms with van der Waals surface area (Å²) in [6.07, 6.45) is 1.02. The van der Waals surface area contributed by atoms with Gasteiger partial charge in [0.1, 0.15) is 18.4 Å². The average molecular weight is 478 g/mol. The van der Waals surface area contributed by atoms with E-state index in [9.17, 15) is 22.4 Å². The van der Waals surface area contributed by atoms with Crippen LogP contribution in [0.4, 0.5) is 10.1 Å². The van der Waals surface area contributed by atoms with E-state index in [0.29, 0.717) is 11.3 Å². The lowest BCUT2D eigenvalue weighted by Crippen LogP contribution is -2.54. The third kappa shape index (κ3) is 7.28. The Balaban J connectivity index is 2.43. The van der Waals surface area contributed by atoms with Crippen LogP contribution in [0.5, 0.6) is 0 Å². The number of anilines is 1. The maximum absolute atomic E-state index is 14.4. The van der Waals surface area contributed by atoms with Crippen molar-refractivity contribution in [3.63, 3.8) is 0 Å². The van der Waals surface area contributed by atoms with Gasteiger partial charge in [0.25, 0.3) is 0 Å². The maximum Gasteiger partial charge on any atom is 0.244 e. The zero-order chi connectivity index (χ0) is 25.0. The van der Waals surface area contributed by atoms with Gasteiger partial charge in [0.15, 0.2) is 0 Å². The molecule has 2 aromatic carbocycles. The minimum absolute atomic E-state index is 0.185. The van der Waals surface area contributed by atoms with Crippen LogP contribution in [0.1, 0.15) is 38.8 Å². The molecule has 0 aliphatic heterocycles. The van der Waals surface area contributed by atoms with Gasteiger partial charge in [-0.2, -0.15) is 0 Å². The van der Waals surface area contributed by atoms with Gasteiger partial charge < -0.3 is 10.2 Å². The second kappa shape index (κ2) is 10.3. The number of benzene rings is 2. The first-order chi connectivity index (χ1) is 15.2. The summed E-state index contributed by atoms with van der Waals surface area (Å²) in [4.78, 5) is 27.5. The number of halogens is 1. The molecule has 2 aromatic rings. The summed E-state index contributed by atoms with van der Waals surface area (Å²) in [6, 6.07) is 11.8. The highest BCUT2D eigenvalue weighted by Gasteiger charge is 2.32. The number of carbonyl (C=O) groups excluding carboxylic acids is 2. The summed E-state index contributed by atoms with van der Waals surface area (Å²) < 4.78 is 40.5. The molecule has 1 atom stereocenters. The van der Waals surface area contributed by atoms with Crippen LogP contribution in [0.25, 0.3) is 0 Å². The molecule has 0 aliphatic rings. The van der Waals surface area contributed by atoms with Crippen LogP contribution < -0.4 is 9.62 Å². The molecule has 0 fully saturated rings. The first-order valence-corrected chi connectivity index (χ1v) is 12.4. The molecule has 2 rings (SSSR count). The van der Waals surface area contributed by atoms with Crippen LogP contribution in [-0.2, 0) is 26.2 Å². The van der Waals surface area contributed by atoms with E-state index in [-0.39, 0.29) is 12.1 Å². The molecule has 2 amide bonds. The van der Waals surface area contributed by atoms with Crippen molar-refractivity contribution in [2.75, 3.05) is 17.1 Å². The summed E-state index contributed by atoms with van der Waals surface area (Å²) in [5, 5.41) is 2.82. The average Bonchev–Trinajstić information content (AvgIpc) is 2.69. The van der Waals surface area contributed by atoms with E-state index in [1.165, 1.54) is 23.1 Å². The van der Waals surface area contributed by atoms with Crippen LogP contribution in [-0.4, -0.2) is 49.5 Å². The van der Waals surface area contributed by atoms with Crippen molar-refractivity contribution in [1.29, 1.82) is 0 Å². The fourth-order valence-electron chi connectivity index (χ4n) is 3.30.